The van der Waals surface area contributed by atoms with Crippen LogP contribution in [0.15, 0.2) is 24.3 Å². The van der Waals surface area contributed by atoms with Gasteiger partial charge in [0.05, 0.1) is 7.11 Å². The lowest BCUT2D eigenvalue weighted by molar-refractivity contribution is 0.0867. The number of hydrogen-bond donors (Lipinski definition) is 2. The van der Waals surface area contributed by atoms with Crippen LogP contribution in [0.5, 0.6) is 0 Å². The molecule has 0 saturated heterocycles. The van der Waals surface area contributed by atoms with Gasteiger partial charge in [0.2, 0.25) is 0 Å². The number of nitrogens with two attached hydrogens (primary N) is 1. The highest BCUT2D eigenvalue weighted by Crippen LogP contribution is 2.03. The molecule has 1 rings (SSSR count). The fraction of sp³-hybridized carbons (Fsp3) is 0.333. The van der Waals surface area contributed by atoms with Crippen molar-refractivity contribution in [3.8, 4) is 0 Å². The van der Waals surface area contributed by atoms with E-state index in [0.717, 1.165) is 5.56 Å². The molecule has 3 heteroatoms. The molecule has 1 aromatic rings. The topological polar surface area (TPSA) is 47.3 Å². The Morgan fingerprint density at radius 2 is 2.17 bits per heavy atom. The number of nitrogens with one attached hydrogen (secondary N) is 1. The summed E-state index contributed by atoms with van der Waals surface area (Å²) in [5.41, 5.74) is 10.6. The summed E-state index contributed by atoms with van der Waals surface area (Å²) in [4.78, 5) is 4.74. The van der Waals surface area contributed by atoms with Gasteiger partial charge < -0.3 is 10.6 Å². The summed E-state index contributed by atoms with van der Waals surface area (Å²) in [5, 5.41) is 0. The molecule has 0 amide bonds. The predicted molar refractivity (Wildman–Crippen MR) is 48.2 cm³/mol. The molecule has 0 fully saturated rings. The summed E-state index contributed by atoms with van der Waals surface area (Å²) in [5.74, 6) is 0. The van der Waals surface area contributed by atoms with Crippen LogP contribution < -0.4 is 11.2 Å². The van der Waals surface area contributed by atoms with Gasteiger partial charge in [0.1, 0.15) is 0 Å². The van der Waals surface area contributed by atoms with Gasteiger partial charge in [0.15, 0.2) is 0 Å². The Labute approximate surface area is 72.5 Å². The Morgan fingerprint density at radius 1 is 1.42 bits per heavy atom. The van der Waals surface area contributed by atoms with E-state index in [4.69, 9.17) is 10.6 Å². The maximum absolute atomic E-state index is 5.50. The number of rotatable bonds is 4. The zero-order valence-electron chi connectivity index (χ0n) is 7.21. The molecule has 0 unspecified atom stereocenters. The standard InChI is InChI=1S/C9H14N2O/c1-12-11-7-9-4-2-3-8(5-9)6-10/h2-5,11H,6-7,10H2,1H3. The molecule has 0 saturated carbocycles. The van der Waals surface area contributed by atoms with Crippen LogP contribution in [0, 0.1) is 0 Å². The third-order valence-electron chi connectivity index (χ3n) is 1.65. The third-order valence-corrected chi connectivity index (χ3v) is 1.65. The number of benzene rings is 1. The lowest BCUT2D eigenvalue weighted by atomic mass is 10.1. The highest BCUT2D eigenvalue weighted by molar-refractivity contribution is 5.22. The monoisotopic (exact) mass is 166 g/mol. The highest BCUT2D eigenvalue weighted by atomic mass is 16.6. The van der Waals surface area contributed by atoms with Crippen molar-refractivity contribution in [2.45, 2.75) is 13.1 Å². The lowest BCUT2D eigenvalue weighted by Crippen LogP contribution is -2.11. The van der Waals surface area contributed by atoms with Crippen LogP contribution in [0.25, 0.3) is 0 Å². The molecule has 0 aliphatic heterocycles. The van der Waals surface area contributed by atoms with E-state index in [1.165, 1.54) is 5.56 Å². The SMILES string of the molecule is CONCc1cccc(CN)c1. The minimum Gasteiger partial charge on any atom is -0.326 e. The first kappa shape index (κ1) is 9.19. The molecule has 66 valence electrons. The van der Waals surface area contributed by atoms with Crippen LogP contribution >= 0.6 is 0 Å². The van der Waals surface area contributed by atoms with Gasteiger partial charge in [-0.1, -0.05) is 24.3 Å². The van der Waals surface area contributed by atoms with Crippen molar-refractivity contribution in [2.24, 2.45) is 5.73 Å². The maximum Gasteiger partial charge on any atom is 0.0572 e. The van der Waals surface area contributed by atoms with Crippen molar-refractivity contribution < 1.29 is 4.84 Å². The zero-order valence-corrected chi connectivity index (χ0v) is 7.21. The molecule has 1 aromatic carbocycles. The van der Waals surface area contributed by atoms with Crippen LogP contribution in [0.4, 0.5) is 0 Å². The highest BCUT2D eigenvalue weighted by Gasteiger charge is 1.92. The van der Waals surface area contributed by atoms with Crippen LogP contribution in [0.3, 0.4) is 0 Å². The largest absolute Gasteiger partial charge is 0.326 e. The Bertz CT molecular complexity index is 238. The fourth-order valence-corrected chi connectivity index (χ4v) is 1.02. The smallest absolute Gasteiger partial charge is 0.0572 e. The van der Waals surface area contributed by atoms with Crippen LogP contribution in [-0.4, -0.2) is 7.11 Å². The number of hydroxylamine groups is 1. The summed E-state index contributed by atoms with van der Waals surface area (Å²) in [7, 11) is 1.60. The van der Waals surface area contributed by atoms with Crippen molar-refractivity contribution in [3.05, 3.63) is 35.4 Å². The van der Waals surface area contributed by atoms with E-state index < -0.39 is 0 Å². The first-order valence-electron chi connectivity index (χ1n) is 3.90. The molecule has 0 aromatic heterocycles. The molecule has 0 atom stereocenters. The van der Waals surface area contributed by atoms with Crippen LogP contribution in [0.1, 0.15) is 11.1 Å². The molecule has 0 bridgehead atoms. The normalized spacial score (nSPS) is 10.2. The Kier molecular flexibility index (Phi) is 3.73. The molecular weight excluding hydrogens is 152 g/mol. The Morgan fingerprint density at radius 3 is 2.83 bits per heavy atom. The summed E-state index contributed by atoms with van der Waals surface area (Å²) >= 11 is 0. The Balaban J connectivity index is 2.60. The van der Waals surface area contributed by atoms with Crippen LogP contribution in [-0.2, 0) is 17.9 Å². The molecule has 3 N–H and O–H groups in total. The third kappa shape index (κ3) is 2.62. The van der Waals surface area contributed by atoms with E-state index in [2.05, 4.69) is 11.5 Å². The van der Waals surface area contributed by atoms with Crippen LogP contribution in [0.2, 0.25) is 0 Å². The fourth-order valence-electron chi connectivity index (χ4n) is 1.02. The molecule has 0 spiro atoms. The Hall–Kier alpha value is -0.900. The van der Waals surface area contributed by atoms with Crippen molar-refractivity contribution in [3.63, 3.8) is 0 Å². The quantitative estimate of drug-likeness (QED) is 0.650. The first-order valence-corrected chi connectivity index (χ1v) is 3.90. The first-order chi connectivity index (χ1) is 5.86. The van der Waals surface area contributed by atoms with E-state index in [9.17, 15) is 0 Å². The van der Waals surface area contributed by atoms with Crippen molar-refractivity contribution >= 4 is 0 Å². The van der Waals surface area contributed by atoms with Gasteiger partial charge in [0, 0.05) is 13.1 Å². The predicted octanol–water partition coefficient (Wildman–Crippen LogP) is 0.796. The summed E-state index contributed by atoms with van der Waals surface area (Å²) in [6.07, 6.45) is 0. The maximum atomic E-state index is 5.50. The molecule has 0 radical (unpaired) electrons. The van der Waals surface area contributed by atoms with Gasteiger partial charge >= 0.3 is 0 Å². The molecule has 0 aliphatic carbocycles. The number of hydrogen-bond acceptors (Lipinski definition) is 3. The van der Waals surface area contributed by atoms with E-state index >= 15 is 0 Å². The zero-order chi connectivity index (χ0) is 8.81. The minimum atomic E-state index is 0.584. The molecule has 0 heterocycles. The van der Waals surface area contributed by atoms with Gasteiger partial charge in [-0.15, -0.1) is 0 Å². The van der Waals surface area contributed by atoms with Gasteiger partial charge in [-0.2, -0.15) is 5.48 Å². The van der Waals surface area contributed by atoms with E-state index in [1.54, 1.807) is 7.11 Å². The molecular formula is C9H14N2O. The molecule has 0 aliphatic rings. The van der Waals surface area contributed by atoms with Crippen molar-refractivity contribution in [1.82, 2.24) is 5.48 Å². The lowest BCUT2D eigenvalue weighted by Gasteiger charge is -2.03. The average Bonchev–Trinajstić information content (AvgIpc) is 2.15. The second-order valence-corrected chi connectivity index (χ2v) is 2.55. The second kappa shape index (κ2) is 4.87. The second-order valence-electron chi connectivity index (χ2n) is 2.55. The minimum absolute atomic E-state index is 0.584. The summed E-state index contributed by atoms with van der Waals surface area (Å²) in [6, 6.07) is 8.10. The van der Waals surface area contributed by atoms with Gasteiger partial charge in [-0.25, -0.2) is 0 Å². The van der Waals surface area contributed by atoms with Gasteiger partial charge in [-0.05, 0) is 11.1 Å². The summed E-state index contributed by atoms with van der Waals surface area (Å²) < 4.78 is 0. The van der Waals surface area contributed by atoms with E-state index in [-0.39, 0.29) is 0 Å². The van der Waals surface area contributed by atoms with E-state index in [1.807, 2.05) is 18.2 Å². The summed E-state index contributed by atoms with van der Waals surface area (Å²) in [6.45, 7) is 1.30. The van der Waals surface area contributed by atoms with Gasteiger partial charge in [0.25, 0.3) is 0 Å². The van der Waals surface area contributed by atoms with Crippen molar-refractivity contribution in [1.29, 1.82) is 0 Å². The molecule has 12 heavy (non-hydrogen) atoms. The van der Waals surface area contributed by atoms with E-state index in [0.29, 0.717) is 13.1 Å². The average molecular weight is 166 g/mol. The molecule has 3 nitrogen and oxygen atoms in total. The van der Waals surface area contributed by atoms with Gasteiger partial charge in [-0.3, -0.25) is 0 Å². The van der Waals surface area contributed by atoms with Crippen molar-refractivity contribution in [2.75, 3.05) is 7.11 Å².